The van der Waals surface area contributed by atoms with E-state index in [4.69, 9.17) is 0 Å². The normalized spacial score (nSPS) is 27.6. The Morgan fingerprint density at radius 2 is 1.95 bits per heavy atom. The van der Waals surface area contributed by atoms with Gasteiger partial charge in [0.2, 0.25) is 5.91 Å². The first kappa shape index (κ1) is 14.5. The molecule has 1 N–H and O–H groups in total. The number of piperidine rings is 1. The molecule has 21 heavy (non-hydrogen) atoms. The van der Waals surface area contributed by atoms with Gasteiger partial charge in [0, 0.05) is 43.5 Å². The number of rotatable bonds is 5. The van der Waals surface area contributed by atoms with Crippen LogP contribution in [0.5, 0.6) is 0 Å². The van der Waals surface area contributed by atoms with Crippen LogP contribution < -0.4 is 5.32 Å². The van der Waals surface area contributed by atoms with Crippen molar-refractivity contribution in [3.63, 3.8) is 0 Å². The van der Waals surface area contributed by atoms with Crippen molar-refractivity contribution in [3.8, 4) is 0 Å². The smallest absolute Gasteiger partial charge is 0.223 e. The van der Waals surface area contributed by atoms with Gasteiger partial charge in [0.25, 0.3) is 0 Å². The number of fused-ring (bicyclic) bond motifs is 2. The highest BCUT2D eigenvalue weighted by Crippen LogP contribution is 2.30. The Kier molecular flexibility index (Phi) is 4.54. The second-order valence-corrected chi connectivity index (χ2v) is 6.30. The predicted molar refractivity (Wildman–Crippen MR) is 82.9 cm³/mol. The van der Waals surface area contributed by atoms with Gasteiger partial charge in [0.1, 0.15) is 0 Å². The van der Waals surface area contributed by atoms with Gasteiger partial charge in [-0.3, -0.25) is 9.78 Å². The van der Waals surface area contributed by atoms with E-state index in [0.717, 1.165) is 25.8 Å². The summed E-state index contributed by atoms with van der Waals surface area (Å²) in [6.45, 7) is 2.94. The van der Waals surface area contributed by atoms with E-state index in [1.807, 2.05) is 12.1 Å². The average Bonchev–Trinajstić information content (AvgIpc) is 2.85. The summed E-state index contributed by atoms with van der Waals surface area (Å²) in [7, 11) is 0. The Morgan fingerprint density at radius 3 is 2.57 bits per heavy atom. The highest BCUT2D eigenvalue weighted by molar-refractivity contribution is 5.76. The number of aryl methyl sites for hydroxylation is 1. The van der Waals surface area contributed by atoms with Crippen LogP contribution in [0.15, 0.2) is 24.5 Å². The van der Waals surface area contributed by atoms with Crippen molar-refractivity contribution < 1.29 is 4.79 Å². The monoisotopic (exact) mass is 287 g/mol. The van der Waals surface area contributed by atoms with E-state index in [-0.39, 0.29) is 0 Å². The Morgan fingerprint density at radius 1 is 1.29 bits per heavy atom. The summed E-state index contributed by atoms with van der Waals surface area (Å²) >= 11 is 0. The van der Waals surface area contributed by atoms with Crippen LogP contribution in [0.4, 0.5) is 0 Å². The van der Waals surface area contributed by atoms with Crippen LogP contribution in [-0.2, 0) is 11.2 Å². The third-order valence-corrected chi connectivity index (χ3v) is 4.93. The van der Waals surface area contributed by atoms with Crippen LogP contribution in [0.1, 0.15) is 44.6 Å². The number of hydrogen-bond acceptors (Lipinski definition) is 3. The number of carbonyl (C=O) groups is 1. The SMILES string of the molecule is CCN(C(=O)CCc1ccncc1)C1CC2CCC(C1)N2. The van der Waals surface area contributed by atoms with E-state index in [9.17, 15) is 4.79 Å². The molecule has 0 aromatic carbocycles. The molecule has 2 fully saturated rings. The fourth-order valence-corrected chi connectivity index (χ4v) is 3.86. The lowest BCUT2D eigenvalue weighted by molar-refractivity contribution is -0.134. The minimum absolute atomic E-state index is 0.306. The lowest BCUT2D eigenvalue weighted by atomic mass is 9.97. The summed E-state index contributed by atoms with van der Waals surface area (Å²) in [5, 5.41) is 3.65. The van der Waals surface area contributed by atoms with Crippen molar-refractivity contribution in [3.05, 3.63) is 30.1 Å². The molecule has 2 aliphatic rings. The molecule has 0 aliphatic carbocycles. The Hall–Kier alpha value is -1.42. The largest absolute Gasteiger partial charge is 0.340 e. The summed E-state index contributed by atoms with van der Waals surface area (Å²) in [5.74, 6) is 0.306. The fourth-order valence-electron chi connectivity index (χ4n) is 3.86. The molecule has 0 saturated carbocycles. The molecule has 0 spiro atoms. The van der Waals surface area contributed by atoms with Gasteiger partial charge in [0.15, 0.2) is 0 Å². The van der Waals surface area contributed by atoms with E-state index < -0.39 is 0 Å². The van der Waals surface area contributed by atoms with E-state index in [0.29, 0.717) is 30.5 Å². The second kappa shape index (κ2) is 6.56. The van der Waals surface area contributed by atoms with Crippen molar-refractivity contribution in [2.75, 3.05) is 6.54 Å². The van der Waals surface area contributed by atoms with Crippen LogP contribution in [0, 0.1) is 0 Å². The zero-order chi connectivity index (χ0) is 14.7. The highest BCUT2D eigenvalue weighted by atomic mass is 16.2. The van der Waals surface area contributed by atoms with Gasteiger partial charge in [-0.25, -0.2) is 0 Å². The first-order valence-corrected chi connectivity index (χ1v) is 8.20. The number of carbonyl (C=O) groups excluding carboxylic acids is 1. The van der Waals surface area contributed by atoms with Crippen LogP contribution in [0.3, 0.4) is 0 Å². The summed E-state index contributed by atoms with van der Waals surface area (Å²) in [6.07, 6.45) is 9.83. The minimum Gasteiger partial charge on any atom is -0.340 e. The molecule has 3 heterocycles. The van der Waals surface area contributed by atoms with Crippen LogP contribution in [-0.4, -0.2) is 40.5 Å². The number of pyridine rings is 1. The molecule has 2 bridgehead atoms. The molecule has 2 unspecified atom stereocenters. The molecule has 2 saturated heterocycles. The number of aromatic nitrogens is 1. The van der Waals surface area contributed by atoms with Crippen molar-refractivity contribution in [1.29, 1.82) is 0 Å². The number of hydrogen-bond donors (Lipinski definition) is 1. The van der Waals surface area contributed by atoms with Gasteiger partial charge < -0.3 is 10.2 Å². The Bertz CT molecular complexity index is 464. The maximum absolute atomic E-state index is 12.6. The van der Waals surface area contributed by atoms with E-state index in [1.54, 1.807) is 12.4 Å². The van der Waals surface area contributed by atoms with Crippen molar-refractivity contribution >= 4 is 5.91 Å². The molecule has 3 rings (SSSR count). The van der Waals surface area contributed by atoms with Gasteiger partial charge in [-0.05, 0) is 56.7 Å². The molecule has 4 heteroatoms. The molecular formula is C17H25N3O. The molecule has 114 valence electrons. The van der Waals surface area contributed by atoms with Crippen LogP contribution in [0.25, 0.3) is 0 Å². The summed E-state index contributed by atoms with van der Waals surface area (Å²) in [5.41, 5.74) is 1.19. The van der Waals surface area contributed by atoms with Gasteiger partial charge in [0.05, 0.1) is 0 Å². The van der Waals surface area contributed by atoms with Gasteiger partial charge in [-0.15, -0.1) is 0 Å². The first-order chi connectivity index (χ1) is 10.3. The van der Waals surface area contributed by atoms with E-state index in [1.165, 1.54) is 18.4 Å². The summed E-state index contributed by atoms with van der Waals surface area (Å²) < 4.78 is 0. The highest BCUT2D eigenvalue weighted by Gasteiger charge is 2.36. The molecule has 2 atom stereocenters. The molecule has 2 aliphatic heterocycles. The van der Waals surface area contributed by atoms with Crippen molar-refractivity contribution in [2.45, 2.75) is 63.6 Å². The Labute approximate surface area is 126 Å². The van der Waals surface area contributed by atoms with Gasteiger partial charge >= 0.3 is 0 Å². The fraction of sp³-hybridized carbons (Fsp3) is 0.647. The summed E-state index contributed by atoms with van der Waals surface area (Å²) in [6, 6.07) is 5.70. The molecular weight excluding hydrogens is 262 g/mol. The number of nitrogens with zero attached hydrogens (tertiary/aromatic N) is 2. The van der Waals surface area contributed by atoms with Crippen LogP contribution in [0.2, 0.25) is 0 Å². The van der Waals surface area contributed by atoms with Crippen LogP contribution >= 0.6 is 0 Å². The van der Waals surface area contributed by atoms with E-state index in [2.05, 4.69) is 22.1 Å². The standard InChI is InChI=1S/C17H25N3O/c1-2-20(16-11-14-4-5-15(12-16)19-14)17(21)6-3-13-7-9-18-10-8-13/h7-10,14-16,19H,2-6,11-12H2,1H3. The van der Waals surface area contributed by atoms with Crippen molar-refractivity contribution in [2.24, 2.45) is 0 Å². The molecule has 1 aromatic rings. The molecule has 4 nitrogen and oxygen atoms in total. The maximum Gasteiger partial charge on any atom is 0.223 e. The maximum atomic E-state index is 12.6. The average molecular weight is 287 g/mol. The number of amides is 1. The lowest BCUT2D eigenvalue weighted by Crippen LogP contribution is -2.50. The minimum atomic E-state index is 0.306. The lowest BCUT2D eigenvalue weighted by Gasteiger charge is -2.37. The topological polar surface area (TPSA) is 45.2 Å². The van der Waals surface area contributed by atoms with Crippen molar-refractivity contribution in [1.82, 2.24) is 15.2 Å². The number of nitrogens with one attached hydrogen (secondary N) is 1. The zero-order valence-electron chi connectivity index (χ0n) is 12.8. The third-order valence-electron chi connectivity index (χ3n) is 4.93. The zero-order valence-corrected chi connectivity index (χ0v) is 12.8. The molecule has 1 amide bonds. The predicted octanol–water partition coefficient (Wildman–Crippen LogP) is 2.15. The summed E-state index contributed by atoms with van der Waals surface area (Å²) in [4.78, 5) is 18.7. The quantitative estimate of drug-likeness (QED) is 0.902. The third kappa shape index (κ3) is 3.43. The Balaban J connectivity index is 1.56. The van der Waals surface area contributed by atoms with Gasteiger partial charge in [-0.1, -0.05) is 0 Å². The second-order valence-electron chi connectivity index (χ2n) is 6.30. The van der Waals surface area contributed by atoms with E-state index >= 15 is 0 Å². The molecule has 1 aromatic heterocycles. The molecule has 0 radical (unpaired) electrons. The first-order valence-electron chi connectivity index (χ1n) is 8.20. The van der Waals surface area contributed by atoms with Gasteiger partial charge in [-0.2, -0.15) is 0 Å².